The van der Waals surface area contributed by atoms with E-state index in [1.165, 1.54) is 18.3 Å². The number of amides is 1. The predicted molar refractivity (Wildman–Crippen MR) is 78.0 cm³/mol. The SMILES string of the molecule is O=C(N/N=C\c1cccc(Cl)c1)c1cccc(C(F)(F)F)c1. The Morgan fingerprint density at radius 2 is 1.86 bits per heavy atom. The Morgan fingerprint density at radius 1 is 1.14 bits per heavy atom. The highest BCUT2D eigenvalue weighted by atomic mass is 35.5. The van der Waals surface area contributed by atoms with E-state index in [4.69, 9.17) is 11.6 Å². The molecule has 0 aliphatic heterocycles. The number of alkyl halides is 3. The van der Waals surface area contributed by atoms with Crippen LogP contribution < -0.4 is 5.43 Å². The van der Waals surface area contributed by atoms with E-state index < -0.39 is 17.6 Å². The number of rotatable bonds is 3. The number of carbonyl (C=O) groups excluding carboxylic acids is 1. The van der Waals surface area contributed by atoms with Gasteiger partial charge in [0.25, 0.3) is 5.91 Å². The molecule has 2 rings (SSSR count). The molecule has 0 aliphatic rings. The van der Waals surface area contributed by atoms with Crippen molar-refractivity contribution in [3.8, 4) is 0 Å². The van der Waals surface area contributed by atoms with Crippen LogP contribution in [-0.4, -0.2) is 12.1 Å². The Hall–Kier alpha value is -2.34. The van der Waals surface area contributed by atoms with Crippen molar-refractivity contribution in [3.63, 3.8) is 0 Å². The number of carbonyl (C=O) groups is 1. The van der Waals surface area contributed by atoms with E-state index >= 15 is 0 Å². The average Bonchev–Trinajstić information content (AvgIpc) is 2.46. The number of nitrogens with zero attached hydrogens (tertiary/aromatic N) is 1. The largest absolute Gasteiger partial charge is 0.416 e. The molecule has 0 aliphatic carbocycles. The summed E-state index contributed by atoms with van der Waals surface area (Å²) in [6, 6.07) is 10.8. The predicted octanol–water partition coefficient (Wildman–Crippen LogP) is 4.12. The zero-order valence-electron chi connectivity index (χ0n) is 11.1. The Balaban J connectivity index is 2.07. The van der Waals surface area contributed by atoms with Crippen molar-refractivity contribution in [2.75, 3.05) is 0 Å². The Bertz CT molecular complexity index is 714. The van der Waals surface area contributed by atoms with E-state index in [-0.39, 0.29) is 5.56 Å². The zero-order chi connectivity index (χ0) is 16.2. The number of hydrogen-bond acceptors (Lipinski definition) is 2. The highest BCUT2D eigenvalue weighted by Crippen LogP contribution is 2.29. The van der Waals surface area contributed by atoms with Crippen LogP contribution in [0.2, 0.25) is 5.02 Å². The lowest BCUT2D eigenvalue weighted by atomic mass is 10.1. The molecular formula is C15H10ClF3N2O. The summed E-state index contributed by atoms with van der Waals surface area (Å²) < 4.78 is 37.7. The van der Waals surface area contributed by atoms with E-state index in [1.54, 1.807) is 24.3 Å². The number of halogens is 4. The molecule has 0 spiro atoms. The van der Waals surface area contributed by atoms with Gasteiger partial charge in [-0.05, 0) is 35.9 Å². The first-order valence-electron chi connectivity index (χ1n) is 6.12. The minimum absolute atomic E-state index is 0.127. The normalized spacial score (nSPS) is 11.6. The molecule has 2 aromatic rings. The Kier molecular flexibility index (Phi) is 4.82. The Morgan fingerprint density at radius 3 is 2.55 bits per heavy atom. The summed E-state index contributed by atoms with van der Waals surface area (Å²) in [5, 5.41) is 4.19. The van der Waals surface area contributed by atoms with Gasteiger partial charge >= 0.3 is 6.18 Å². The molecule has 0 bridgehead atoms. The first kappa shape index (κ1) is 16.0. The van der Waals surface area contributed by atoms with Crippen LogP contribution >= 0.6 is 11.6 Å². The first-order valence-corrected chi connectivity index (χ1v) is 6.50. The van der Waals surface area contributed by atoms with Crippen LogP contribution in [0.5, 0.6) is 0 Å². The fourth-order valence-electron chi connectivity index (χ4n) is 1.65. The van der Waals surface area contributed by atoms with E-state index in [0.717, 1.165) is 12.1 Å². The lowest BCUT2D eigenvalue weighted by molar-refractivity contribution is -0.137. The van der Waals surface area contributed by atoms with E-state index in [2.05, 4.69) is 10.5 Å². The van der Waals surface area contributed by atoms with Crippen LogP contribution in [0.1, 0.15) is 21.5 Å². The molecule has 0 heterocycles. The monoisotopic (exact) mass is 326 g/mol. The molecule has 0 saturated heterocycles. The summed E-state index contributed by atoms with van der Waals surface area (Å²) in [4.78, 5) is 11.8. The van der Waals surface area contributed by atoms with Crippen molar-refractivity contribution >= 4 is 23.7 Å². The summed E-state index contributed by atoms with van der Waals surface area (Å²) in [5.74, 6) is -0.732. The molecule has 3 nitrogen and oxygen atoms in total. The molecule has 1 N–H and O–H groups in total. The highest BCUT2D eigenvalue weighted by molar-refractivity contribution is 6.30. The van der Waals surface area contributed by atoms with Gasteiger partial charge in [-0.15, -0.1) is 0 Å². The molecule has 7 heteroatoms. The summed E-state index contributed by atoms with van der Waals surface area (Å²) in [7, 11) is 0. The molecule has 0 fully saturated rings. The third-order valence-electron chi connectivity index (χ3n) is 2.68. The highest BCUT2D eigenvalue weighted by Gasteiger charge is 2.30. The number of hydrogen-bond donors (Lipinski definition) is 1. The van der Waals surface area contributed by atoms with Crippen LogP contribution in [0.3, 0.4) is 0 Å². The minimum atomic E-state index is -4.50. The van der Waals surface area contributed by atoms with Crippen molar-refractivity contribution < 1.29 is 18.0 Å². The maximum absolute atomic E-state index is 12.6. The summed E-state index contributed by atoms with van der Waals surface area (Å²) >= 11 is 5.79. The summed E-state index contributed by atoms with van der Waals surface area (Å²) in [5.41, 5.74) is 1.80. The topological polar surface area (TPSA) is 41.5 Å². The van der Waals surface area contributed by atoms with E-state index in [1.807, 2.05) is 0 Å². The third kappa shape index (κ3) is 4.33. The van der Waals surface area contributed by atoms with Gasteiger partial charge < -0.3 is 0 Å². The van der Waals surface area contributed by atoms with Crippen LogP contribution in [0.25, 0.3) is 0 Å². The first-order chi connectivity index (χ1) is 10.4. The fourth-order valence-corrected chi connectivity index (χ4v) is 1.85. The van der Waals surface area contributed by atoms with Gasteiger partial charge in [-0.1, -0.05) is 29.8 Å². The lowest BCUT2D eigenvalue weighted by Gasteiger charge is -2.07. The second-order valence-electron chi connectivity index (χ2n) is 4.33. The lowest BCUT2D eigenvalue weighted by Crippen LogP contribution is -2.18. The van der Waals surface area contributed by atoms with Crippen molar-refractivity contribution in [3.05, 3.63) is 70.2 Å². The molecular weight excluding hydrogens is 317 g/mol. The molecule has 0 radical (unpaired) electrons. The maximum atomic E-state index is 12.6. The van der Waals surface area contributed by atoms with Gasteiger partial charge in [0.05, 0.1) is 11.8 Å². The number of nitrogens with one attached hydrogen (secondary N) is 1. The second-order valence-corrected chi connectivity index (χ2v) is 4.77. The van der Waals surface area contributed by atoms with Gasteiger partial charge in [-0.25, -0.2) is 5.43 Å². The van der Waals surface area contributed by atoms with Crippen LogP contribution in [-0.2, 0) is 6.18 Å². The molecule has 0 unspecified atom stereocenters. The van der Waals surface area contributed by atoms with Crippen molar-refractivity contribution in [1.29, 1.82) is 0 Å². The summed E-state index contributed by atoms with van der Waals surface area (Å²) in [6.45, 7) is 0. The number of benzene rings is 2. The molecule has 22 heavy (non-hydrogen) atoms. The van der Waals surface area contributed by atoms with Crippen molar-refractivity contribution in [2.24, 2.45) is 5.10 Å². The van der Waals surface area contributed by atoms with E-state index in [0.29, 0.717) is 10.6 Å². The van der Waals surface area contributed by atoms with Gasteiger partial charge in [-0.3, -0.25) is 4.79 Å². The van der Waals surface area contributed by atoms with E-state index in [9.17, 15) is 18.0 Å². The second kappa shape index (κ2) is 6.62. The van der Waals surface area contributed by atoms with Crippen LogP contribution in [0.4, 0.5) is 13.2 Å². The van der Waals surface area contributed by atoms with Gasteiger partial charge in [0.1, 0.15) is 0 Å². The van der Waals surface area contributed by atoms with Gasteiger partial charge in [0, 0.05) is 10.6 Å². The van der Waals surface area contributed by atoms with Gasteiger partial charge in [0.2, 0.25) is 0 Å². The minimum Gasteiger partial charge on any atom is -0.267 e. The maximum Gasteiger partial charge on any atom is 0.416 e. The molecule has 114 valence electrons. The van der Waals surface area contributed by atoms with Crippen molar-refractivity contribution in [2.45, 2.75) is 6.18 Å². The zero-order valence-corrected chi connectivity index (χ0v) is 11.8. The van der Waals surface area contributed by atoms with Gasteiger partial charge in [-0.2, -0.15) is 18.3 Å². The standard InChI is InChI=1S/C15H10ClF3N2O/c16-13-6-1-3-10(7-13)9-20-21-14(22)11-4-2-5-12(8-11)15(17,18)19/h1-9H,(H,21,22)/b20-9-. The van der Waals surface area contributed by atoms with Crippen molar-refractivity contribution in [1.82, 2.24) is 5.43 Å². The molecule has 0 atom stereocenters. The number of hydrazone groups is 1. The van der Waals surface area contributed by atoms with Crippen LogP contribution in [0.15, 0.2) is 53.6 Å². The molecule has 2 aromatic carbocycles. The quantitative estimate of drug-likeness (QED) is 0.669. The smallest absolute Gasteiger partial charge is 0.267 e. The fraction of sp³-hybridized carbons (Fsp3) is 0.0667. The molecule has 0 aromatic heterocycles. The molecule has 0 saturated carbocycles. The third-order valence-corrected chi connectivity index (χ3v) is 2.92. The van der Waals surface area contributed by atoms with Crippen LogP contribution in [0, 0.1) is 0 Å². The average molecular weight is 327 g/mol. The Labute approximate surface area is 129 Å². The summed E-state index contributed by atoms with van der Waals surface area (Å²) in [6.07, 6.45) is -3.16. The van der Waals surface area contributed by atoms with Gasteiger partial charge in [0.15, 0.2) is 0 Å². The molecule has 1 amide bonds.